The zero-order valence-electron chi connectivity index (χ0n) is 5.92. The van der Waals surface area contributed by atoms with Gasteiger partial charge in [0.15, 0.2) is 5.78 Å². The van der Waals surface area contributed by atoms with Crippen molar-refractivity contribution in [2.75, 3.05) is 0 Å². The quantitative estimate of drug-likeness (QED) is 0.572. The summed E-state index contributed by atoms with van der Waals surface area (Å²) >= 11 is 4.18. The van der Waals surface area contributed by atoms with Gasteiger partial charge in [-0.2, -0.15) is 0 Å². The van der Waals surface area contributed by atoms with E-state index in [4.69, 9.17) is 0 Å². The second-order valence-electron chi connectivity index (χ2n) is 2.41. The Morgan fingerprint density at radius 3 is 2.60 bits per heavy atom. The maximum Gasteiger partial charge on any atom is 0.155 e. The molecule has 10 heavy (non-hydrogen) atoms. The number of allylic oxidation sites excluding steroid dienone is 4. The Hall–Kier alpha value is -0.500. The molecular formula is C8H10OS. The average Bonchev–Trinajstić information content (AvgIpc) is 1.88. The number of ketones is 1. The summed E-state index contributed by atoms with van der Waals surface area (Å²) in [5, 5.41) is 0. The molecule has 0 bridgehead atoms. The van der Waals surface area contributed by atoms with Crippen LogP contribution in [0.1, 0.15) is 19.8 Å². The van der Waals surface area contributed by atoms with Gasteiger partial charge in [-0.1, -0.05) is 12.2 Å². The van der Waals surface area contributed by atoms with Gasteiger partial charge < -0.3 is 0 Å². The number of carbonyl (C=O) groups excluding carboxylic acids is 1. The van der Waals surface area contributed by atoms with Crippen molar-refractivity contribution in [2.24, 2.45) is 0 Å². The third-order valence-electron chi connectivity index (χ3n) is 1.58. The Bertz CT molecular complexity index is 213. The van der Waals surface area contributed by atoms with Gasteiger partial charge in [0.2, 0.25) is 0 Å². The van der Waals surface area contributed by atoms with Crippen LogP contribution in [0.3, 0.4) is 0 Å². The van der Waals surface area contributed by atoms with Crippen molar-refractivity contribution in [3.05, 3.63) is 22.6 Å². The Morgan fingerprint density at radius 1 is 1.50 bits per heavy atom. The molecule has 0 N–H and O–H groups in total. The van der Waals surface area contributed by atoms with Crippen molar-refractivity contribution < 1.29 is 4.79 Å². The number of hydrogen-bond acceptors (Lipinski definition) is 2. The highest BCUT2D eigenvalue weighted by Crippen LogP contribution is 2.20. The van der Waals surface area contributed by atoms with Crippen molar-refractivity contribution in [2.45, 2.75) is 19.8 Å². The van der Waals surface area contributed by atoms with Gasteiger partial charge in [-0.15, -0.1) is 12.6 Å². The lowest BCUT2D eigenvalue weighted by Crippen LogP contribution is -1.99. The summed E-state index contributed by atoms with van der Waals surface area (Å²) in [7, 11) is 0. The van der Waals surface area contributed by atoms with Gasteiger partial charge in [-0.3, -0.25) is 4.79 Å². The number of thiol groups is 1. The van der Waals surface area contributed by atoms with E-state index >= 15 is 0 Å². The molecule has 2 heteroatoms. The molecule has 0 unspecified atom stereocenters. The molecule has 0 spiro atoms. The molecule has 54 valence electrons. The lowest BCUT2D eigenvalue weighted by molar-refractivity contribution is -0.113. The Balaban J connectivity index is 2.74. The highest BCUT2D eigenvalue weighted by Gasteiger charge is 2.06. The number of hydrogen-bond donors (Lipinski definition) is 1. The number of Topliss-reactive ketones (excluding diaryl/α,β-unsaturated/α-hetero) is 1. The molecular weight excluding hydrogens is 144 g/mol. The Labute approximate surface area is 66.2 Å². The van der Waals surface area contributed by atoms with E-state index in [-0.39, 0.29) is 5.78 Å². The van der Waals surface area contributed by atoms with E-state index < -0.39 is 0 Å². The van der Waals surface area contributed by atoms with Crippen LogP contribution in [-0.4, -0.2) is 5.78 Å². The van der Waals surface area contributed by atoms with Gasteiger partial charge in [0.05, 0.1) is 0 Å². The van der Waals surface area contributed by atoms with Gasteiger partial charge >= 0.3 is 0 Å². The van der Waals surface area contributed by atoms with Crippen LogP contribution in [0.5, 0.6) is 0 Å². The predicted molar refractivity (Wildman–Crippen MR) is 45.1 cm³/mol. The zero-order valence-corrected chi connectivity index (χ0v) is 6.82. The van der Waals surface area contributed by atoms with Crippen LogP contribution < -0.4 is 0 Å². The second kappa shape index (κ2) is 3.06. The average molecular weight is 154 g/mol. The first-order chi connectivity index (χ1) is 4.70. The van der Waals surface area contributed by atoms with E-state index in [0.717, 1.165) is 23.3 Å². The third kappa shape index (κ3) is 1.74. The van der Waals surface area contributed by atoms with Gasteiger partial charge in [-0.05, 0) is 30.2 Å². The van der Waals surface area contributed by atoms with Crippen LogP contribution in [0.15, 0.2) is 22.6 Å². The maximum absolute atomic E-state index is 10.8. The van der Waals surface area contributed by atoms with Crippen molar-refractivity contribution in [1.82, 2.24) is 0 Å². The first-order valence-corrected chi connectivity index (χ1v) is 3.74. The van der Waals surface area contributed by atoms with Gasteiger partial charge in [0, 0.05) is 0 Å². The van der Waals surface area contributed by atoms with Crippen molar-refractivity contribution >= 4 is 18.4 Å². The van der Waals surface area contributed by atoms with E-state index in [1.807, 2.05) is 12.2 Å². The summed E-state index contributed by atoms with van der Waals surface area (Å²) in [5.41, 5.74) is 0.915. The summed E-state index contributed by atoms with van der Waals surface area (Å²) in [6.07, 6.45) is 5.51. The van der Waals surface area contributed by atoms with Gasteiger partial charge in [0.1, 0.15) is 0 Å². The smallest absolute Gasteiger partial charge is 0.155 e. The molecule has 0 saturated carbocycles. The molecule has 0 aromatic heterocycles. The topological polar surface area (TPSA) is 17.1 Å². The van der Waals surface area contributed by atoms with Crippen LogP contribution in [0.4, 0.5) is 0 Å². The summed E-state index contributed by atoms with van der Waals surface area (Å²) in [6, 6.07) is 0. The summed E-state index contributed by atoms with van der Waals surface area (Å²) in [4.78, 5) is 11.8. The summed E-state index contributed by atoms with van der Waals surface area (Å²) < 4.78 is 0. The molecule has 1 nitrogen and oxygen atoms in total. The Kier molecular flexibility index (Phi) is 2.33. The minimum atomic E-state index is 0.178. The van der Waals surface area contributed by atoms with Gasteiger partial charge in [0.25, 0.3) is 0 Å². The Morgan fingerprint density at radius 2 is 2.20 bits per heavy atom. The molecule has 0 amide bonds. The summed E-state index contributed by atoms with van der Waals surface area (Å²) in [5.74, 6) is 0.178. The van der Waals surface area contributed by atoms with E-state index in [0.29, 0.717) is 0 Å². The highest BCUT2D eigenvalue weighted by atomic mass is 32.1. The van der Waals surface area contributed by atoms with Crippen molar-refractivity contribution in [1.29, 1.82) is 0 Å². The van der Waals surface area contributed by atoms with Crippen LogP contribution >= 0.6 is 12.6 Å². The van der Waals surface area contributed by atoms with Crippen LogP contribution in [0.2, 0.25) is 0 Å². The fourth-order valence-corrected chi connectivity index (χ4v) is 1.11. The maximum atomic E-state index is 10.8. The molecule has 0 atom stereocenters. The van der Waals surface area contributed by atoms with E-state index in [1.165, 1.54) is 0 Å². The molecule has 0 heterocycles. The molecule has 0 aliphatic heterocycles. The van der Waals surface area contributed by atoms with Crippen LogP contribution in [-0.2, 0) is 4.79 Å². The largest absolute Gasteiger partial charge is 0.295 e. The molecule has 1 aliphatic rings. The lowest BCUT2D eigenvalue weighted by atomic mass is 10.0. The zero-order chi connectivity index (χ0) is 7.56. The third-order valence-corrected chi connectivity index (χ3v) is 1.95. The molecule has 0 radical (unpaired) electrons. The minimum absolute atomic E-state index is 0.178. The molecule has 1 rings (SSSR count). The van der Waals surface area contributed by atoms with E-state index in [2.05, 4.69) is 12.6 Å². The lowest BCUT2D eigenvalue weighted by Gasteiger charge is -2.07. The molecule has 1 aliphatic carbocycles. The number of rotatable bonds is 1. The predicted octanol–water partition coefficient (Wildman–Crippen LogP) is 2.11. The molecule has 0 fully saturated rings. The van der Waals surface area contributed by atoms with E-state index in [9.17, 15) is 4.79 Å². The monoisotopic (exact) mass is 154 g/mol. The first kappa shape index (κ1) is 7.61. The fraction of sp³-hybridized carbons (Fsp3) is 0.375. The fourth-order valence-electron chi connectivity index (χ4n) is 0.920. The molecule has 0 aromatic carbocycles. The van der Waals surface area contributed by atoms with E-state index in [1.54, 1.807) is 6.92 Å². The second-order valence-corrected chi connectivity index (χ2v) is 2.98. The summed E-state index contributed by atoms with van der Waals surface area (Å²) in [6.45, 7) is 1.60. The van der Waals surface area contributed by atoms with Crippen molar-refractivity contribution in [3.63, 3.8) is 0 Å². The standard InChI is InChI=1S/C8H10OS/c1-6(9)7-2-4-8(10)5-3-7/h2,4,10H,3,5H2,1H3. The first-order valence-electron chi connectivity index (χ1n) is 3.30. The van der Waals surface area contributed by atoms with Crippen molar-refractivity contribution in [3.8, 4) is 0 Å². The molecule has 0 saturated heterocycles. The van der Waals surface area contributed by atoms with Gasteiger partial charge in [-0.25, -0.2) is 0 Å². The minimum Gasteiger partial charge on any atom is -0.295 e. The SMILES string of the molecule is CC(=O)C1=CC=C(S)CC1. The highest BCUT2D eigenvalue weighted by molar-refractivity contribution is 7.84. The van der Waals surface area contributed by atoms with Crippen LogP contribution in [0, 0.1) is 0 Å². The molecule has 0 aromatic rings. The number of carbonyl (C=O) groups is 1. The normalized spacial score (nSPS) is 17.8. The van der Waals surface area contributed by atoms with Crippen LogP contribution in [0.25, 0.3) is 0 Å².